The van der Waals surface area contributed by atoms with Crippen LogP contribution in [0.2, 0.25) is 0 Å². The second-order valence-electron chi connectivity index (χ2n) is 5.15. The van der Waals surface area contributed by atoms with Crippen LogP contribution in [0.25, 0.3) is 0 Å². The fourth-order valence-electron chi connectivity index (χ4n) is 2.19. The molecule has 2 rings (SSSR count). The first kappa shape index (κ1) is 10.9. The van der Waals surface area contributed by atoms with Gasteiger partial charge in [0.25, 0.3) is 0 Å². The molecule has 2 fully saturated rings. The van der Waals surface area contributed by atoms with Gasteiger partial charge in [0.05, 0.1) is 0 Å². The molecule has 2 aliphatic rings. The molecule has 1 unspecified atom stereocenters. The zero-order chi connectivity index (χ0) is 10.8. The summed E-state index contributed by atoms with van der Waals surface area (Å²) in [6.45, 7) is 3.40. The number of carboxylic acid groups (broad SMARTS) is 1. The van der Waals surface area contributed by atoms with E-state index in [4.69, 9.17) is 5.11 Å². The second kappa shape index (κ2) is 4.52. The van der Waals surface area contributed by atoms with Crippen molar-refractivity contribution >= 4 is 5.97 Å². The minimum Gasteiger partial charge on any atom is -0.481 e. The molecule has 0 amide bonds. The van der Waals surface area contributed by atoms with Crippen molar-refractivity contribution in [3.8, 4) is 0 Å². The predicted octanol–water partition coefficient (Wildman–Crippen LogP) is 2.11. The number of carbonyl (C=O) groups is 1. The maximum absolute atomic E-state index is 10.5. The number of hydrogen-bond donors (Lipinski definition) is 1. The van der Waals surface area contributed by atoms with Crippen LogP contribution in [0.1, 0.15) is 45.4 Å². The van der Waals surface area contributed by atoms with E-state index in [0.29, 0.717) is 12.5 Å². The van der Waals surface area contributed by atoms with Gasteiger partial charge in [-0.25, -0.2) is 0 Å². The van der Waals surface area contributed by atoms with E-state index in [-0.39, 0.29) is 0 Å². The number of aliphatic carboxylic acids is 1. The molecular weight excluding hydrogens is 190 g/mol. The lowest BCUT2D eigenvalue weighted by Gasteiger charge is -2.28. The third kappa shape index (κ3) is 3.49. The van der Waals surface area contributed by atoms with Crippen LogP contribution < -0.4 is 0 Å². The van der Waals surface area contributed by atoms with Crippen molar-refractivity contribution < 1.29 is 9.90 Å². The van der Waals surface area contributed by atoms with Crippen molar-refractivity contribution in [1.82, 2.24) is 4.90 Å². The first-order chi connectivity index (χ1) is 7.16. The fourth-order valence-corrected chi connectivity index (χ4v) is 2.19. The summed E-state index contributed by atoms with van der Waals surface area (Å²) in [6.07, 6.45) is 6.53. The number of carboxylic acids is 1. The van der Waals surface area contributed by atoms with Crippen molar-refractivity contribution in [2.75, 3.05) is 6.54 Å². The Labute approximate surface area is 91.5 Å². The molecule has 3 nitrogen and oxygen atoms in total. The Hall–Kier alpha value is -0.570. The van der Waals surface area contributed by atoms with Crippen LogP contribution in [-0.2, 0) is 4.79 Å². The van der Waals surface area contributed by atoms with Gasteiger partial charge in [-0.2, -0.15) is 0 Å². The lowest BCUT2D eigenvalue weighted by Crippen LogP contribution is -2.37. The molecule has 0 aliphatic heterocycles. The van der Waals surface area contributed by atoms with E-state index < -0.39 is 5.97 Å². The molecule has 0 saturated heterocycles. The third-order valence-electron chi connectivity index (χ3n) is 3.52. The monoisotopic (exact) mass is 211 g/mol. The molecule has 0 spiro atoms. The van der Waals surface area contributed by atoms with Crippen LogP contribution in [0, 0.1) is 5.92 Å². The summed E-state index contributed by atoms with van der Waals surface area (Å²) in [5.74, 6) is 0.252. The Balaban J connectivity index is 1.77. The molecule has 0 radical (unpaired) electrons. The van der Waals surface area contributed by atoms with Crippen molar-refractivity contribution in [2.24, 2.45) is 5.92 Å². The highest BCUT2D eigenvalue weighted by Crippen LogP contribution is 2.36. The molecule has 1 N–H and O–H groups in total. The second-order valence-corrected chi connectivity index (χ2v) is 5.15. The normalized spacial score (nSPS) is 23.1. The standard InChI is InChI=1S/C12H21NO2/c1-9(2-7-12(14)15)13(11-5-6-11)8-10-3-4-10/h9-11H,2-8H2,1H3,(H,14,15). The van der Waals surface area contributed by atoms with Crippen LogP contribution in [0.5, 0.6) is 0 Å². The largest absolute Gasteiger partial charge is 0.481 e. The Kier molecular flexibility index (Phi) is 3.29. The van der Waals surface area contributed by atoms with Crippen LogP contribution >= 0.6 is 0 Å². The Morgan fingerprint density at radius 2 is 2.07 bits per heavy atom. The zero-order valence-corrected chi connectivity index (χ0v) is 9.48. The number of nitrogens with zero attached hydrogens (tertiary/aromatic N) is 1. The summed E-state index contributed by atoms with van der Waals surface area (Å²) in [5, 5.41) is 8.67. The lowest BCUT2D eigenvalue weighted by molar-refractivity contribution is -0.137. The van der Waals surface area contributed by atoms with Crippen molar-refractivity contribution in [2.45, 2.75) is 57.5 Å². The van der Waals surface area contributed by atoms with Crippen molar-refractivity contribution in [1.29, 1.82) is 0 Å². The minimum atomic E-state index is -0.663. The van der Waals surface area contributed by atoms with Gasteiger partial charge in [0.2, 0.25) is 0 Å². The Morgan fingerprint density at radius 3 is 2.53 bits per heavy atom. The molecule has 0 bridgehead atoms. The van der Waals surface area contributed by atoms with Gasteiger partial charge in [-0.3, -0.25) is 9.69 Å². The Morgan fingerprint density at radius 1 is 1.40 bits per heavy atom. The highest BCUT2D eigenvalue weighted by Gasteiger charge is 2.35. The molecule has 0 aromatic heterocycles. The van der Waals surface area contributed by atoms with E-state index in [0.717, 1.165) is 18.4 Å². The molecule has 1 atom stereocenters. The average Bonchev–Trinajstić information content (AvgIpc) is 3.00. The maximum Gasteiger partial charge on any atom is 0.303 e. The van der Waals surface area contributed by atoms with Gasteiger partial charge < -0.3 is 5.11 Å². The summed E-state index contributed by atoms with van der Waals surface area (Å²) in [7, 11) is 0. The summed E-state index contributed by atoms with van der Waals surface area (Å²) in [6, 6.07) is 1.23. The van der Waals surface area contributed by atoms with Crippen LogP contribution in [0.15, 0.2) is 0 Å². The average molecular weight is 211 g/mol. The molecular formula is C12H21NO2. The van der Waals surface area contributed by atoms with Gasteiger partial charge in [-0.1, -0.05) is 0 Å². The lowest BCUT2D eigenvalue weighted by atomic mass is 10.1. The van der Waals surface area contributed by atoms with E-state index >= 15 is 0 Å². The highest BCUT2D eigenvalue weighted by molar-refractivity contribution is 5.66. The van der Waals surface area contributed by atoms with E-state index in [1.54, 1.807) is 0 Å². The summed E-state index contributed by atoms with van der Waals surface area (Å²) in [4.78, 5) is 13.1. The van der Waals surface area contributed by atoms with E-state index in [9.17, 15) is 4.79 Å². The fraction of sp³-hybridized carbons (Fsp3) is 0.917. The van der Waals surface area contributed by atoms with Gasteiger partial charge in [0, 0.05) is 25.0 Å². The van der Waals surface area contributed by atoms with Gasteiger partial charge in [-0.05, 0) is 44.9 Å². The van der Waals surface area contributed by atoms with Crippen molar-refractivity contribution in [3.05, 3.63) is 0 Å². The minimum absolute atomic E-state index is 0.315. The molecule has 86 valence electrons. The van der Waals surface area contributed by atoms with Crippen LogP contribution in [-0.4, -0.2) is 34.6 Å². The van der Waals surface area contributed by atoms with Gasteiger partial charge in [0.15, 0.2) is 0 Å². The van der Waals surface area contributed by atoms with Gasteiger partial charge >= 0.3 is 5.97 Å². The van der Waals surface area contributed by atoms with Crippen LogP contribution in [0.4, 0.5) is 0 Å². The highest BCUT2D eigenvalue weighted by atomic mass is 16.4. The molecule has 15 heavy (non-hydrogen) atoms. The maximum atomic E-state index is 10.5. The third-order valence-corrected chi connectivity index (χ3v) is 3.52. The summed E-state index contributed by atoms with van der Waals surface area (Å²) < 4.78 is 0. The SMILES string of the molecule is CC(CCC(=O)O)N(CC1CC1)C1CC1. The topological polar surface area (TPSA) is 40.5 Å². The smallest absolute Gasteiger partial charge is 0.303 e. The van der Waals surface area contributed by atoms with Crippen LogP contribution in [0.3, 0.4) is 0 Å². The first-order valence-corrected chi connectivity index (χ1v) is 6.14. The summed E-state index contributed by atoms with van der Waals surface area (Å²) in [5.41, 5.74) is 0. The van der Waals surface area contributed by atoms with E-state index in [1.807, 2.05) is 0 Å². The molecule has 3 heteroatoms. The molecule has 2 saturated carbocycles. The van der Waals surface area contributed by atoms with Crippen molar-refractivity contribution in [3.63, 3.8) is 0 Å². The zero-order valence-electron chi connectivity index (χ0n) is 9.48. The van der Waals surface area contributed by atoms with Gasteiger partial charge in [-0.15, -0.1) is 0 Å². The van der Waals surface area contributed by atoms with Gasteiger partial charge in [0.1, 0.15) is 0 Å². The predicted molar refractivity (Wildman–Crippen MR) is 58.8 cm³/mol. The van der Waals surface area contributed by atoms with E-state index in [2.05, 4.69) is 11.8 Å². The molecule has 0 aromatic carbocycles. The Bertz CT molecular complexity index is 234. The summed E-state index contributed by atoms with van der Waals surface area (Å²) >= 11 is 0. The molecule has 0 heterocycles. The molecule has 0 aromatic rings. The number of hydrogen-bond acceptors (Lipinski definition) is 2. The number of rotatable bonds is 7. The quantitative estimate of drug-likeness (QED) is 0.701. The molecule has 2 aliphatic carbocycles. The van der Waals surface area contributed by atoms with E-state index in [1.165, 1.54) is 32.2 Å². The first-order valence-electron chi connectivity index (χ1n) is 6.14.